The van der Waals surface area contributed by atoms with Crippen LogP contribution >= 0.6 is 22.3 Å². The Bertz CT molecular complexity index is 705. The molecule has 6 heteroatoms. The zero-order chi connectivity index (χ0) is 14.0. The molecule has 0 aliphatic carbocycles. The minimum absolute atomic E-state index is 0.0467. The van der Waals surface area contributed by atoms with Crippen molar-refractivity contribution in [2.45, 2.75) is 4.90 Å². The third-order valence-corrected chi connectivity index (χ3v) is 4.17. The molecule has 0 saturated carbocycles. The Hall–Kier alpha value is -1.36. The lowest BCUT2D eigenvalue weighted by atomic mass is 10.0. The maximum Gasteiger partial charge on any atom is 0.261 e. The molecule has 2 aromatic rings. The van der Waals surface area contributed by atoms with E-state index in [1.807, 2.05) is 0 Å². The molecule has 0 bridgehead atoms. The van der Waals surface area contributed by atoms with E-state index in [4.69, 9.17) is 22.3 Å². The first-order valence-electron chi connectivity index (χ1n) is 5.23. The fraction of sp³-hybridized carbons (Fsp3) is 0. The first-order chi connectivity index (χ1) is 8.88. The zero-order valence-corrected chi connectivity index (χ0v) is 11.8. The highest BCUT2D eigenvalue weighted by molar-refractivity contribution is 8.13. The molecule has 0 spiro atoms. The average molecular weight is 315 g/mol. The van der Waals surface area contributed by atoms with Gasteiger partial charge in [0, 0.05) is 16.2 Å². The van der Waals surface area contributed by atoms with Gasteiger partial charge in [0.25, 0.3) is 14.3 Å². The molecule has 2 rings (SSSR count). The zero-order valence-electron chi connectivity index (χ0n) is 9.51. The Morgan fingerprint density at radius 3 is 1.63 bits per heavy atom. The van der Waals surface area contributed by atoms with E-state index in [1.165, 1.54) is 12.1 Å². The Morgan fingerprint density at radius 2 is 1.26 bits per heavy atom. The molecule has 0 fully saturated rings. The number of rotatable bonds is 3. The molecule has 2 aromatic carbocycles. The number of hydrogen-bond acceptors (Lipinski definition) is 3. The maximum atomic E-state index is 11.1. The van der Waals surface area contributed by atoms with Gasteiger partial charge in [-0.25, -0.2) is 8.42 Å². The van der Waals surface area contributed by atoms with Crippen molar-refractivity contribution >= 4 is 36.6 Å². The Kier molecular flexibility index (Phi) is 3.94. The summed E-state index contributed by atoms with van der Waals surface area (Å²) >= 11 is 5.35. The maximum absolute atomic E-state index is 11.1. The summed E-state index contributed by atoms with van der Waals surface area (Å²) in [5.41, 5.74) is 2.07. The van der Waals surface area contributed by atoms with Crippen molar-refractivity contribution in [2.75, 3.05) is 0 Å². The molecule has 98 valence electrons. The van der Waals surface area contributed by atoms with Gasteiger partial charge in [0.15, 0.2) is 0 Å². The van der Waals surface area contributed by atoms with Crippen LogP contribution in [0, 0.1) is 0 Å². The van der Waals surface area contributed by atoms with E-state index in [-0.39, 0.29) is 4.90 Å². The average Bonchev–Trinajstić information content (AvgIpc) is 2.38. The van der Waals surface area contributed by atoms with Crippen molar-refractivity contribution in [3.8, 4) is 11.1 Å². The minimum atomic E-state index is -3.71. The SMILES string of the molecule is O=C(Cl)c1ccc(-c2ccc(S(=O)(=O)Cl)cc2)cc1. The molecular weight excluding hydrogens is 307 g/mol. The van der Waals surface area contributed by atoms with Crippen LogP contribution in [-0.2, 0) is 9.05 Å². The van der Waals surface area contributed by atoms with E-state index < -0.39 is 14.3 Å². The van der Waals surface area contributed by atoms with Gasteiger partial charge in [0.2, 0.25) is 0 Å². The van der Waals surface area contributed by atoms with Gasteiger partial charge in [0.1, 0.15) is 0 Å². The number of halogens is 2. The van der Waals surface area contributed by atoms with Crippen LogP contribution in [0.5, 0.6) is 0 Å². The van der Waals surface area contributed by atoms with Crippen LogP contribution in [0.1, 0.15) is 10.4 Å². The molecule has 0 aliphatic heterocycles. The lowest BCUT2D eigenvalue weighted by Gasteiger charge is -2.03. The van der Waals surface area contributed by atoms with Crippen molar-refractivity contribution in [3.63, 3.8) is 0 Å². The van der Waals surface area contributed by atoms with Gasteiger partial charge < -0.3 is 0 Å². The molecule has 19 heavy (non-hydrogen) atoms. The summed E-state index contributed by atoms with van der Waals surface area (Å²) in [6.07, 6.45) is 0. The van der Waals surface area contributed by atoms with Gasteiger partial charge in [-0.05, 0) is 47.0 Å². The lowest BCUT2D eigenvalue weighted by molar-refractivity contribution is 0.108. The van der Waals surface area contributed by atoms with E-state index in [0.717, 1.165) is 11.1 Å². The second-order valence-electron chi connectivity index (χ2n) is 3.81. The highest BCUT2D eigenvalue weighted by atomic mass is 35.7. The molecule has 0 aliphatic rings. The highest BCUT2D eigenvalue weighted by Crippen LogP contribution is 2.23. The van der Waals surface area contributed by atoms with E-state index in [1.54, 1.807) is 36.4 Å². The summed E-state index contributed by atoms with van der Waals surface area (Å²) < 4.78 is 22.2. The quantitative estimate of drug-likeness (QED) is 0.812. The minimum Gasteiger partial charge on any atom is -0.276 e. The van der Waals surface area contributed by atoms with E-state index in [2.05, 4.69) is 0 Å². The van der Waals surface area contributed by atoms with E-state index in [9.17, 15) is 13.2 Å². The number of carbonyl (C=O) groups excluding carboxylic acids is 1. The van der Waals surface area contributed by atoms with Crippen molar-refractivity contribution in [3.05, 3.63) is 54.1 Å². The molecule has 0 saturated heterocycles. The van der Waals surface area contributed by atoms with Crippen molar-refractivity contribution < 1.29 is 13.2 Å². The monoisotopic (exact) mass is 314 g/mol. The number of hydrogen-bond donors (Lipinski definition) is 0. The summed E-state index contributed by atoms with van der Waals surface area (Å²) in [6, 6.07) is 12.8. The summed E-state index contributed by atoms with van der Waals surface area (Å²) in [7, 11) is 1.52. The third-order valence-electron chi connectivity index (χ3n) is 2.58. The topological polar surface area (TPSA) is 51.2 Å². The first kappa shape index (κ1) is 14.1. The first-order valence-corrected chi connectivity index (χ1v) is 7.91. The Labute approximate surface area is 120 Å². The molecule has 0 unspecified atom stereocenters. The second kappa shape index (κ2) is 5.33. The van der Waals surface area contributed by atoms with Gasteiger partial charge in [-0.1, -0.05) is 24.3 Å². The van der Waals surface area contributed by atoms with Crippen LogP contribution in [0.25, 0.3) is 11.1 Å². The van der Waals surface area contributed by atoms with Gasteiger partial charge in [0.05, 0.1) is 4.90 Å². The van der Waals surface area contributed by atoms with E-state index in [0.29, 0.717) is 5.56 Å². The van der Waals surface area contributed by atoms with Gasteiger partial charge >= 0.3 is 0 Å². The van der Waals surface area contributed by atoms with Crippen LogP contribution < -0.4 is 0 Å². The van der Waals surface area contributed by atoms with Crippen LogP contribution in [0.3, 0.4) is 0 Å². The predicted octanol–water partition coefficient (Wildman–Crippen LogP) is 3.66. The van der Waals surface area contributed by atoms with Crippen LogP contribution in [0.4, 0.5) is 0 Å². The molecule has 0 heterocycles. The summed E-state index contributed by atoms with van der Waals surface area (Å²) in [5.74, 6) is 0. The van der Waals surface area contributed by atoms with Crippen LogP contribution in [-0.4, -0.2) is 13.7 Å². The Morgan fingerprint density at radius 1 is 0.842 bits per heavy atom. The van der Waals surface area contributed by atoms with Gasteiger partial charge in [-0.3, -0.25) is 4.79 Å². The fourth-order valence-electron chi connectivity index (χ4n) is 1.60. The molecule has 0 atom stereocenters. The summed E-state index contributed by atoms with van der Waals surface area (Å²) in [6.45, 7) is 0. The Balaban J connectivity index is 2.35. The molecule has 0 amide bonds. The van der Waals surface area contributed by atoms with Crippen molar-refractivity contribution in [2.24, 2.45) is 0 Å². The molecular formula is C13H8Cl2O3S. The standard InChI is InChI=1S/C13H8Cl2O3S/c14-13(16)11-3-1-9(2-4-11)10-5-7-12(8-6-10)19(15,17)18/h1-8H. The largest absolute Gasteiger partial charge is 0.276 e. The third kappa shape index (κ3) is 3.35. The van der Waals surface area contributed by atoms with Crippen molar-refractivity contribution in [1.29, 1.82) is 0 Å². The molecule has 0 radical (unpaired) electrons. The molecule has 0 aromatic heterocycles. The highest BCUT2D eigenvalue weighted by Gasteiger charge is 2.09. The normalized spacial score (nSPS) is 11.3. The second-order valence-corrected chi connectivity index (χ2v) is 6.72. The smallest absolute Gasteiger partial charge is 0.261 e. The molecule has 3 nitrogen and oxygen atoms in total. The number of carbonyl (C=O) groups is 1. The lowest BCUT2D eigenvalue weighted by Crippen LogP contribution is -1.90. The predicted molar refractivity (Wildman–Crippen MR) is 75.1 cm³/mol. The van der Waals surface area contributed by atoms with Crippen molar-refractivity contribution in [1.82, 2.24) is 0 Å². The number of benzene rings is 2. The summed E-state index contributed by atoms with van der Waals surface area (Å²) in [4.78, 5) is 11.0. The van der Waals surface area contributed by atoms with Gasteiger partial charge in [-0.2, -0.15) is 0 Å². The van der Waals surface area contributed by atoms with Crippen LogP contribution in [0.15, 0.2) is 53.4 Å². The molecule has 0 N–H and O–H groups in total. The van der Waals surface area contributed by atoms with Gasteiger partial charge in [-0.15, -0.1) is 0 Å². The van der Waals surface area contributed by atoms with E-state index >= 15 is 0 Å². The fourth-order valence-corrected chi connectivity index (χ4v) is 2.50. The van der Waals surface area contributed by atoms with Crippen LogP contribution in [0.2, 0.25) is 0 Å². The summed E-state index contributed by atoms with van der Waals surface area (Å²) in [5, 5.41) is -0.518.